The molecule has 24 heavy (non-hydrogen) atoms. The molecule has 122 valence electrons. The van der Waals surface area contributed by atoms with Gasteiger partial charge in [-0.1, -0.05) is 34.5 Å². The molecule has 1 aromatic carbocycles. The number of hydrogen-bond acceptors (Lipinski definition) is 4. The van der Waals surface area contributed by atoms with E-state index in [4.69, 9.17) is 28.9 Å². The van der Waals surface area contributed by atoms with E-state index in [9.17, 15) is 0 Å². The quantitative estimate of drug-likeness (QED) is 0.584. The Morgan fingerprint density at radius 3 is 2.83 bits per heavy atom. The average Bonchev–Trinajstić information content (AvgIpc) is 3.29. The van der Waals surface area contributed by atoms with Crippen LogP contribution in [0.4, 0.5) is 0 Å². The van der Waals surface area contributed by atoms with E-state index in [-0.39, 0.29) is 0 Å². The Labute approximate surface area is 147 Å². The van der Waals surface area contributed by atoms with Crippen molar-refractivity contribution in [3.05, 3.63) is 47.0 Å². The average molecular weight is 362 g/mol. The lowest BCUT2D eigenvalue weighted by molar-refractivity contribution is 0.598. The molecule has 0 amide bonds. The summed E-state index contributed by atoms with van der Waals surface area (Å²) in [6, 6.07) is 3.72. The molecule has 3 aromatic heterocycles. The van der Waals surface area contributed by atoms with E-state index >= 15 is 0 Å². The third-order valence-electron chi connectivity index (χ3n) is 3.80. The van der Waals surface area contributed by atoms with Crippen molar-refractivity contribution in [3.8, 4) is 16.9 Å². The fraction of sp³-hybridized carbons (Fsp3) is 0.133. The minimum Gasteiger partial charge on any atom is -0.329 e. The molecule has 0 atom stereocenters. The van der Waals surface area contributed by atoms with Gasteiger partial charge in [0.05, 0.1) is 34.5 Å². The largest absolute Gasteiger partial charge is 0.329 e. The van der Waals surface area contributed by atoms with Crippen molar-refractivity contribution in [1.82, 2.24) is 29.8 Å². The van der Waals surface area contributed by atoms with Gasteiger partial charge in [-0.15, -0.1) is 5.10 Å². The molecule has 4 aromatic rings. The van der Waals surface area contributed by atoms with Crippen molar-refractivity contribution in [2.24, 2.45) is 5.73 Å². The molecule has 0 spiro atoms. The molecule has 3 N–H and O–H groups in total. The van der Waals surface area contributed by atoms with Crippen LogP contribution in [-0.4, -0.2) is 36.3 Å². The Morgan fingerprint density at radius 1 is 1.21 bits per heavy atom. The molecule has 0 aliphatic rings. The first-order valence-corrected chi connectivity index (χ1v) is 8.03. The fourth-order valence-electron chi connectivity index (χ4n) is 2.71. The summed E-state index contributed by atoms with van der Waals surface area (Å²) in [6.45, 7) is 1.08. The summed E-state index contributed by atoms with van der Waals surface area (Å²) in [5, 5.41) is 17.1. The molecule has 3 heterocycles. The number of nitrogens with zero attached hydrogens (tertiary/aromatic N) is 5. The molecule has 0 radical (unpaired) electrons. The minimum absolute atomic E-state index is 0.470. The lowest BCUT2D eigenvalue weighted by Gasteiger charge is -2.03. The number of nitrogens with one attached hydrogen (secondary N) is 1. The summed E-state index contributed by atoms with van der Waals surface area (Å²) in [5.74, 6) is 0.646. The van der Waals surface area contributed by atoms with Crippen LogP contribution in [0.5, 0.6) is 0 Å². The van der Waals surface area contributed by atoms with Crippen molar-refractivity contribution in [3.63, 3.8) is 0 Å². The standard InChI is InChI=1S/C15H13Cl2N7/c16-12-2-1-10-11(9-5-19-20-6-9)7-24(15(10)14(12)17)13-8-23(4-3-18)22-21-13/h1-2,5-8H,3-4,18H2,(H,19,20). The maximum Gasteiger partial charge on any atom is 0.179 e. The number of fused-ring (bicyclic) bond motifs is 1. The summed E-state index contributed by atoms with van der Waals surface area (Å²) in [7, 11) is 0. The highest BCUT2D eigenvalue weighted by atomic mass is 35.5. The maximum atomic E-state index is 6.47. The Morgan fingerprint density at radius 2 is 2.08 bits per heavy atom. The summed E-state index contributed by atoms with van der Waals surface area (Å²) in [6.07, 6.45) is 7.36. The first-order chi connectivity index (χ1) is 11.7. The van der Waals surface area contributed by atoms with Gasteiger partial charge in [-0.25, -0.2) is 4.68 Å². The van der Waals surface area contributed by atoms with Gasteiger partial charge in [-0.3, -0.25) is 9.67 Å². The molecular formula is C15H13Cl2N7. The van der Waals surface area contributed by atoms with E-state index in [1.807, 2.05) is 29.2 Å². The van der Waals surface area contributed by atoms with Crippen LogP contribution in [-0.2, 0) is 6.54 Å². The number of benzene rings is 1. The van der Waals surface area contributed by atoms with E-state index < -0.39 is 0 Å². The van der Waals surface area contributed by atoms with E-state index in [1.54, 1.807) is 16.9 Å². The molecule has 9 heteroatoms. The van der Waals surface area contributed by atoms with Crippen LogP contribution in [0.2, 0.25) is 10.0 Å². The van der Waals surface area contributed by atoms with E-state index in [2.05, 4.69) is 20.5 Å². The lowest BCUT2D eigenvalue weighted by Crippen LogP contribution is -2.10. The predicted molar refractivity (Wildman–Crippen MR) is 93.5 cm³/mol. The van der Waals surface area contributed by atoms with Gasteiger partial charge in [0.15, 0.2) is 5.82 Å². The SMILES string of the molecule is NCCn1cc(-n2cc(-c3cn[nH]c3)c3ccc(Cl)c(Cl)c32)nn1. The summed E-state index contributed by atoms with van der Waals surface area (Å²) in [5.41, 5.74) is 8.27. The highest BCUT2D eigenvalue weighted by Crippen LogP contribution is 2.38. The van der Waals surface area contributed by atoms with Crippen molar-refractivity contribution in [2.75, 3.05) is 6.54 Å². The van der Waals surface area contributed by atoms with E-state index in [1.165, 1.54) is 0 Å². The number of halogens is 2. The Kier molecular flexibility index (Phi) is 3.76. The zero-order valence-corrected chi connectivity index (χ0v) is 14.0. The second kappa shape index (κ2) is 5.94. The van der Waals surface area contributed by atoms with Crippen LogP contribution >= 0.6 is 23.2 Å². The van der Waals surface area contributed by atoms with Crippen LogP contribution in [0.3, 0.4) is 0 Å². The molecule has 7 nitrogen and oxygen atoms in total. The normalized spacial score (nSPS) is 11.5. The van der Waals surface area contributed by atoms with Crippen LogP contribution in [0.1, 0.15) is 0 Å². The number of hydrogen-bond donors (Lipinski definition) is 2. The van der Waals surface area contributed by atoms with Gasteiger partial charge in [0, 0.05) is 35.5 Å². The molecular weight excluding hydrogens is 349 g/mol. The highest BCUT2D eigenvalue weighted by Gasteiger charge is 2.18. The number of nitrogens with two attached hydrogens (primary N) is 1. The van der Waals surface area contributed by atoms with Crippen molar-refractivity contribution >= 4 is 34.1 Å². The molecule has 0 fully saturated rings. The van der Waals surface area contributed by atoms with Gasteiger partial charge < -0.3 is 5.73 Å². The summed E-state index contributed by atoms with van der Waals surface area (Å²) < 4.78 is 3.57. The zero-order chi connectivity index (χ0) is 16.7. The van der Waals surface area contributed by atoms with Crippen molar-refractivity contribution < 1.29 is 0 Å². The second-order valence-electron chi connectivity index (χ2n) is 5.29. The van der Waals surface area contributed by atoms with Gasteiger partial charge in [-0.05, 0) is 6.07 Å². The summed E-state index contributed by atoms with van der Waals surface area (Å²) >= 11 is 12.7. The zero-order valence-electron chi connectivity index (χ0n) is 12.4. The van der Waals surface area contributed by atoms with Crippen molar-refractivity contribution in [2.45, 2.75) is 6.54 Å². The number of rotatable bonds is 4. The Hall–Kier alpha value is -2.35. The highest BCUT2D eigenvalue weighted by molar-refractivity contribution is 6.45. The maximum absolute atomic E-state index is 6.47. The minimum atomic E-state index is 0.470. The van der Waals surface area contributed by atoms with Crippen LogP contribution in [0, 0.1) is 0 Å². The smallest absolute Gasteiger partial charge is 0.179 e. The van der Waals surface area contributed by atoms with Crippen molar-refractivity contribution in [1.29, 1.82) is 0 Å². The molecule has 0 aliphatic carbocycles. The lowest BCUT2D eigenvalue weighted by atomic mass is 10.1. The molecule has 0 saturated heterocycles. The second-order valence-corrected chi connectivity index (χ2v) is 6.07. The monoisotopic (exact) mass is 361 g/mol. The topological polar surface area (TPSA) is 90.3 Å². The van der Waals surface area contributed by atoms with Gasteiger partial charge in [0.2, 0.25) is 0 Å². The number of aromatic amines is 1. The van der Waals surface area contributed by atoms with Gasteiger partial charge in [0.25, 0.3) is 0 Å². The predicted octanol–water partition coefficient (Wildman–Crippen LogP) is 2.88. The summed E-state index contributed by atoms with van der Waals surface area (Å²) in [4.78, 5) is 0. The van der Waals surface area contributed by atoms with Gasteiger partial charge in [0.1, 0.15) is 0 Å². The molecule has 0 unspecified atom stereocenters. The third-order valence-corrected chi connectivity index (χ3v) is 4.59. The first kappa shape index (κ1) is 15.2. The van der Waals surface area contributed by atoms with Gasteiger partial charge >= 0.3 is 0 Å². The van der Waals surface area contributed by atoms with E-state index in [0.717, 1.165) is 22.0 Å². The fourth-order valence-corrected chi connectivity index (χ4v) is 3.11. The number of aromatic nitrogens is 6. The first-order valence-electron chi connectivity index (χ1n) is 7.28. The Bertz CT molecular complexity index is 1000. The molecule has 0 saturated carbocycles. The van der Waals surface area contributed by atoms with Crippen LogP contribution in [0.15, 0.2) is 36.9 Å². The molecule has 0 aliphatic heterocycles. The van der Waals surface area contributed by atoms with E-state index in [0.29, 0.717) is 29.0 Å². The van der Waals surface area contributed by atoms with Crippen LogP contribution < -0.4 is 5.73 Å². The molecule has 0 bridgehead atoms. The third kappa shape index (κ3) is 2.37. The molecule has 4 rings (SSSR count). The van der Waals surface area contributed by atoms with Gasteiger partial charge in [-0.2, -0.15) is 5.10 Å². The Balaban J connectivity index is 1.98. The number of H-pyrrole nitrogens is 1. The van der Waals surface area contributed by atoms with Crippen LogP contribution in [0.25, 0.3) is 27.8 Å².